The van der Waals surface area contributed by atoms with E-state index in [-0.39, 0.29) is 46.3 Å². The van der Waals surface area contributed by atoms with Gasteiger partial charge in [0.15, 0.2) is 5.43 Å². The highest BCUT2D eigenvalue weighted by Gasteiger charge is 2.36. The molecular formula is C28H28NO9P. The van der Waals surface area contributed by atoms with E-state index in [1.807, 2.05) is 13.8 Å². The Morgan fingerprint density at radius 3 is 2.28 bits per heavy atom. The summed E-state index contributed by atoms with van der Waals surface area (Å²) in [5.74, 6) is -0.822. The zero-order valence-corrected chi connectivity index (χ0v) is 22.4. The summed E-state index contributed by atoms with van der Waals surface area (Å²) in [6.45, 7) is 3.77. The van der Waals surface area contributed by atoms with Gasteiger partial charge in [-0.2, -0.15) is 5.09 Å². The molecule has 0 amide bonds. The summed E-state index contributed by atoms with van der Waals surface area (Å²) in [5.41, 5.74) is -0.0570. The topological polar surface area (TPSA) is 145 Å². The summed E-state index contributed by atoms with van der Waals surface area (Å²) >= 11 is 0. The second-order valence-electron chi connectivity index (χ2n) is 9.16. The number of phenolic OH excluding ortho intramolecular Hbond substituents is 2. The number of carbonyl (C=O) groups excluding carboxylic acids is 1. The molecule has 39 heavy (non-hydrogen) atoms. The highest BCUT2D eigenvalue weighted by atomic mass is 31.2. The van der Waals surface area contributed by atoms with Crippen LogP contribution in [-0.2, 0) is 14.1 Å². The Kier molecular flexibility index (Phi) is 8.28. The minimum atomic E-state index is -4.34. The van der Waals surface area contributed by atoms with Crippen LogP contribution in [0.15, 0.2) is 82.0 Å². The van der Waals surface area contributed by atoms with E-state index in [0.29, 0.717) is 5.56 Å². The number of methoxy groups -OCH3 is 1. The monoisotopic (exact) mass is 553 g/mol. The SMILES string of the molecule is COC(=O)[C@H](CC(C)C)NP(=O)(Oc1ccccc1)Oc1cc(O)c2c(=O)cc(-c3ccc(O)cc3)oc2c1. The lowest BCUT2D eigenvalue weighted by Gasteiger charge is -2.25. The maximum atomic E-state index is 14.0. The molecule has 1 unspecified atom stereocenters. The summed E-state index contributed by atoms with van der Waals surface area (Å²) in [4.78, 5) is 25.3. The molecule has 0 saturated heterocycles. The van der Waals surface area contributed by atoms with E-state index in [0.717, 1.165) is 6.07 Å². The highest BCUT2D eigenvalue weighted by Crippen LogP contribution is 2.47. The largest absolute Gasteiger partial charge is 0.513 e. The van der Waals surface area contributed by atoms with E-state index in [4.69, 9.17) is 18.2 Å². The van der Waals surface area contributed by atoms with Crippen LogP contribution in [-0.4, -0.2) is 29.3 Å². The molecule has 2 atom stereocenters. The number of hydrogen-bond acceptors (Lipinski definition) is 9. The van der Waals surface area contributed by atoms with Crippen molar-refractivity contribution in [3.05, 3.63) is 83.0 Å². The fourth-order valence-corrected chi connectivity index (χ4v) is 5.42. The maximum absolute atomic E-state index is 14.0. The molecular weight excluding hydrogens is 525 g/mol. The van der Waals surface area contributed by atoms with E-state index in [1.54, 1.807) is 42.5 Å². The van der Waals surface area contributed by atoms with Gasteiger partial charge in [-0.05, 0) is 48.7 Å². The number of esters is 1. The Labute approximate surface area is 224 Å². The van der Waals surface area contributed by atoms with E-state index < -0.39 is 30.9 Å². The number of hydrogen-bond donors (Lipinski definition) is 3. The molecule has 0 aliphatic heterocycles. The third kappa shape index (κ3) is 6.79. The van der Waals surface area contributed by atoms with Gasteiger partial charge >= 0.3 is 13.7 Å². The van der Waals surface area contributed by atoms with E-state index in [2.05, 4.69) is 5.09 Å². The van der Waals surface area contributed by atoms with Crippen LogP contribution in [0.5, 0.6) is 23.0 Å². The van der Waals surface area contributed by atoms with Crippen LogP contribution in [0.1, 0.15) is 20.3 Å². The molecule has 11 heteroatoms. The summed E-state index contributed by atoms with van der Waals surface area (Å²) in [6, 6.07) is 16.8. The van der Waals surface area contributed by atoms with E-state index >= 15 is 0 Å². The standard InChI is InChI=1S/C28H28NO9P/c1-17(2)13-22(28(33)35-3)29-39(34,37-20-7-5-4-6-8-20)38-21-14-23(31)27-24(32)16-25(36-26(27)15-21)18-9-11-19(30)12-10-18/h4-12,14-17,22,30-31H,13H2,1-3H3,(H,29,34)/t22-,39?/m0/s1. The lowest BCUT2D eigenvalue weighted by atomic mass is 10.1. The molecule has 0 fully saturated rings. The first kappa shape index (κ1) is 27.8. The van der Waals surface area contributed by atoms with Crippen molar-refractivity contribution in [3.8, 4) is 34.3 Å². The van der Waals surface area contributed by atoms with Crippen LogP contribution in [0, 0.1) is 5.92 Å². The Morgan fingerprint density at radius 1 is 0.974 bits per heavy atom. The predicted octanol–water partition coefficient (Wildman–Crippen LogP) is 5.61. The normalized spacial score (nSPS) is 13.5. The first-order valence-corrected chi connectivity index (χ1v) is 13.6. The van der Waals surface area contributed by atoms with Crippen LogP contribution in [0.25, 0.3) is 22.3 Å². The molecule has 1 aromatic heterocycles. The van der Waals surface area contributed by atoms with Gasteiger partial charge in [-0.15, -0.1) is 0 Å². The molecule has 0 spiro atoms. The lowest BCUT2D eigenvalue weighted by Crippen LogP contribution is -2.38. The average molecular weight is 554 g/mol. The van der Waals surface area contributed by atoms with Crippen molar-refractivity contribution in [1.29, 1.82) is 0 Å². The number of ether oxygens (including phenoxy) is 1. The van der Waals surface area contributed by atoms with Crippen LogP contribution >= 0.6 is 7.75 Å². The van der Waals surface area contributed by atoms with Gasteiger partial charge in [0.1, 0.15) is 45.8 Å². The maximum Gasteiger partial charge on any atom is 0.513 e. The molecule has 3 N–H and O–H groups in total. The minimum Gasteiger partial charge on any atom is -0.508 e. The van der Waals surface area contributed by atoms with Crippen molar-refractivity contribution < 1.29 is 37.8 Å². The Hall–Kier alpha value is -4.27. The van der Waals surface area contributed by atoms with E-state index in [1.165, 1.54) is 31.4 Å². The summed E-state index contributed by atoms with van der Waals surface area (Å²) in [6.07, 6.45) is 0.270. The summed E-state index contributed by atoms with van der Waals surface area (Å²) in [7, 11) is -3.12. The van der Waals surface area contributed by atoms with Crippen molar-refractivity contribution in [1.82, 2.24) is 5.09 Å². The fraction of sp³-hybridized carbons (Fsp3) is 0.214. The molecule has 0 saturated carbocycles. The van der Waals surface area contributed by atoms with Crippen LogP contribution in [0.3, 0.4) is 0 Å². The van der Waals surface area contributed by atoms with Crippen molar-refractivity contribution in [2.75, 3.05) is 7.11 Å². The number of benzene rings is 3. The Bertz CT molecular complexity index is 1570. The number of carbonyl (C=O) groups is 1. The first-order valence-electron chi connectivity index (χ1n) is 12.1. The zero-order valence-electron chi connectivity index (χ0n) is 21.5. The van der Waals surface area contributed by atoms with Crippen molar-refractivity contribution in [2.24, 2.45) is 5.92 Å². The van der Waals surface area contributed by atoms with Crippen LogP contribution in [0.4, 0.5) is 0 Å². The number of para-hydroxylation sites is 1. The second kappa shape index (κ2) is 11.6. The molecule has 1 heterocycles. The smallest absolute Gasteiger partial charge is 0.508 e. The molecule has 4 rings (SSSR count). The molecule has 10 nitrogen and oxygen atoms in total. The third-order valence-electron chi connectivity index (χ3n) is 5.64. The number of phenols is 2. The predicted molar refractivity (Wildman–Crippen MR) is 145 cm³/mol. The van der Waals surface area contributed by atoms with Crippen LogP contribution < -0.4 is 19.6 Å². The Balaban J connectivity index is 1.76. The first-order chi connectivity index (χ1) is 18.6. The van der Waals surface area contributed by atoms with Crippen molar-refractivity contribution >= 4 is 24.7 Å². The number of fused-ring (bicyclic) bond motifs is 1. The van der Waals surface area contributed by atoms with E-state index in [9.17, 15) is 24.4 Å². The fourth-order valence-electron chi connectivity index (χ4n) is 3.90. The quantitative estimate of drug-likeness (QED) is 0.167. The number of aromatic hydroxyl groups is 2. The summed E-state index contributed by atoms with van der Waals surface area (Å²) < 4.78 is 36.2. The summed E-state index contributed by atoms with van der Waals surface area (Å²) in [5, 5.41) is 22.8. The lowest BCUT2D eigenvalue weighted by molar-refractivity contribution is -0.143. The van der Waals surface area contributed by atoms with Gasteiger partial charge in [-0.3, -0.25) is 9.59 Å². The van der Waals surface area contributed by atoms with Gasteiger partial charge in [-0.1, -0.05) is 32.0 Å². The molecule has 4 aromatic rings. The Morgan fingerprint density at radius 2 is 1.64 bits per heavy atom. The molecule has 0 aliphatic carbocycles. The van der Waals surface area contributed by atoms with Crippen LogP contribution in [0.2, 0.25) is 0 Å². The van der Waals surface area contributed by atoms with Gasteiger partial charge in [0.05, 0.1) is 7.11 Å². The molecule has 204 valence electrons. The average Bonchev–Trinajstić information content (AvgIpc) is 2.87. The molecule has 0 bridgehead atoms. The minimum absolute atomic E-state index is 0.0316. The van der Waals surface area contributed by atoms with Gasteiger partial charge in [-0.25, -0.2) is 4.57 Å². The van der Waals surface area contributed by atoms with Gasteiger partial charge in [0.2, 0.25) is 0 Å². The van der Waals surface area contributed by atoms with Gasteiger partial charge in [0.25, 0.3) is 0 Å². The molecule has 3 aromatic carbocycles. The second-order valence-corrected chi connectivity index (χ2v) is 10.8. The third-order valence-corrected chi connectivity index (χ3v) is 7.17. The highest BCUT2D eigenvalue weighted by molar-refractivity contribution is 7.52. The van der Waals surface area contributed by atoms with Crippen molar-refractivity contribution in [3.63, 3.8) is 0 Å². The zero-order chi connectivity index (χ0) is 28.2. The molecule has 0 radical (unpaired) electrons. The number of rotatable bonds is 10. The van der Waals surface area contributed by atoms with Gasteiger partial charge in [0, 0.05) is 23.8 Å². The van der Waals surface area contributed by atoms with Gasteiger partial charge < -0.3 is 28.4 Å². The molecule has 0 aliphatic rings. The van der Waals surface area contributed by atoms with Crippen molar-refractivity contribution in [2.45, 2.75) is 26.3 Å². The number of nitrogens with one attached hydrogen (secondary N) is 1.